The van der Waals surface area contributed by atoms with Crippen molar-refractivity contribution in [3.05, 3.63) is 30.5 Å². The van der Waals surface area contributed by atoms with Crippen molar-refractivity contribution in [2.45, 2.75) is 26.3 Å². The number of oxime groups is 1. The van der Waals surface area contributed by atoms with Crippen molar-refractivity contribution in [1.29, 1.82) is 0 Å². The van der Waals surface area contributed by atoms with Crippen LogP contribution in [0.1, 0.15) is 20.3 Å². The van der Waals surface area contributed by atoms with Crippen LogP contribution in [-0.2, 0) is 0 Å². The SMILES string of the molecule is CC(C)N(CC/C(N)=N/O)c1ncc2ccccc2n1. The third kappa shape index (κ3) is 3.14. The molecule has 20 heavy (non-hydrogen) atoms. The highest BCUT2D eigenvalue weighted by Crippen LogP contribution is 2.16. The molecule has 0 aliphatic carbocycles. The summed E-state index contributed by atoms with van der Waals surface area (Å²) in [6, 6.07) is 8.08. The zero-order valence-corrected chi connectivity index (χ0v) is 11.7. The van der Waals surface area contributed by atoms with Crippen molar-refractivity contribution in [3.8, 4) is 0 Å². The van der Waals surface area contributed by atoms with Gasteiger partial charge in [0.2, 0.25) is 5.95 Å². The number of hydrogen-bond donors (Lipinski definition) is 2. The molecule has 106 valence electrons. The topological polar surface area (TPSA) is 87.6 Å². The molecule has 0 aliphatic heterocycles. The number of fused-ring (bicyclic) bond motifs is 1. The zero-order chi connectivity index (χ0) is 14.5. The van der Waals surface area contributed by atoms with Crippen LogP contribution in [0.2, 0.25) is 0 Å². The van der Waals surface area contributed by atoms with Crippen molar-refractivity contribution < 1.29 is 5.21 Å². The number of nitrogens with zero attached hydrogens (tertiary/aromatic N) is 4. The Hall–Kier alpha value is -2.37. The van der Waals surface area contributed by atoms with Crippen LogP contribution >= 0.6 is 0 Å². The van der Waals surface area contributed by atoms with Gasteiger partial charge in [0.1, 0.15) is 5.84 Å². The molecule has 6 nitrogen and oxygen atoms in total. The maximum Gasteiger partial charge on any atom is 0.226 e. The fourth-order valence-corrected chi connectivity index (χ4v) is 1.97. The number of aromatic nitrogens is 2. The van der Waals surface area contributed by atoms with Gasteiger partial charge in [0.05, 0.1) is 5.52 Å². The maximum absolute atomic E-state index is 8.61. The summed E-state index contributed by atoms with van der Waals surface area (Å²) in [5.41, 5.74) is 6.43. The molecule has 0 unspecified atom stereocenters. The van der Waals surface area contributed by atoms with E-state index in [9.17, 15) is 0 Å². The first-order valence-corrected chi connectivity index (χ1v) is 6.56. The van der Waals surface area contributed by atoms with Gasteiger partial charge in [0.15, 0.2) is 0 Å². The minimum absolute atomic E-state index is 0.205. The summed E-state index contributed by atoms with van der Waals surface area (Å²) < 4.78 is 0. The molecule has 0 radical (unpaired) electrons. The van der Waals surface area contributed by atoms with E-state index in [0.29, 0.717) is 18.9 Å². The lowest BCUT2D eigenvalue weighted by Gasteiger charge is -2.26. The lowest BCUT2D eigenvalue weighted by Crippen LogP contribution is -2.35. The summed E-state index contributed by atoms with van der Waals surface area (Å²) in [5, 5.41) is 12.6. The van der Waals surface area contributed by atoms with E-state index in [1.54, 1.807) is 0 Å². The number of para-hydroxylation sites is 1. The first-order chi connectivity index (χ1) is 9.61. The first kappa shape index (κ1) is 14.0. The van der Waals surface area contributed by atoms with Gasteiger partial charge in [-0.3, -0.25) is 0 Å². The minimum atomic E-state index is 0.205. The highest BCUT2D eigenvalue weighted by atomic mass is 16.4. The lowest BCUT2D eigenvalue weighted by atomic mass is 10.2. The smallest absolute Gasteiger partial charge is 0.226 e. The molecule has 1 heterocycles. The van der Waals surface area contributed by atoms with Gasteiger partial charge in [-0.05, 0) is 19.9 Å². The standard InChI is InChI=1S/C14H19N5O/c1-10(2)19(8-7-13(15)18-20)14-16-9-11-5-3-4-6-12(11)17-14/h3-6,9-10,20H,7-8H2,1-2H3,(H2,15,18). The van der Waals surface area contributed by atoms with Gasteiger partial charge in [-0.25, -0.2) is 9.97 Å². The van der Waals surface area contributed by atoms with Gasteiger partial charge in [-0.15, -0.1) is 0 Å². The quantitative estimate of drug-likeness (QED) is 0.376. The second-order valence-corrected chi connectivity index (χ2v) is 4.86. The van der Waals surface area contributed by atoms with E-state index in [1.807, 2.05) is 35.4 Å². The molecule has 6 heteroatoms. The molecule has 0 bridgehead atoms. The van der Waals surface area contributed by atoms with E-state index >= 15 is 0 Å². The number of anilines is 1. The average molecular weight is 273 g/mol. The molecule has 2 rings (SSSR count). The summed E-state index contributed by atoms with van der Waals surface area (Å²) in [6.07, 6.45) is 2.28. The molecule has 0 aliphatic rings. The van der Waals surface area contributed by atoms with Gasteiger partial charge in [-0.2, -0.15) is 0 Å². The van der Waals surface area contributed by atoms with Gasteiger partial charge in [0, 0.05) is 30.6 Å². The van der Waals surface area contributed by atoms with Crippen LogP contribution in [0.15, 0.2) is 35.6 Å². The Bertz CT molecular complexity index is 611. The maximum atomic E-state index is 8.61. The van der Waals surface area contributed by atoms with Crippen LogP contribution in [0.25, 0.3) is 10.9 Å². The Balaban J connectivity index is 2.26. The fraction of sp³-hybridized carbons (Fsp3) is 0.357. The summed E-state index contributed by atoms with van der Waals surface area (Å²) in [6.45, 7) is 4.72. The van der Waals surface area contributed by atoms with Gasteiger partial charge in [-0.1, -0.05) is 23.4 Å². The Morgan fingerprint density at radius 2 is 2.15 bits per heavy atom. The van der Waals surface area contributed by atoms with Crippen LogP contribution < -0.4 is 10.6 Å². The Morgan fingerprint density at radius 1 is 1.40 bits per heavy atom. The number of nitrogens with two attached hydrogens (primary N) is 1. The summed E-state index contributed by atoms with van der Waals surface area (Å²) in [7, 11) is 0. The Morgan fingerprint density at radius 3 is 2.85 bits per heavy atom. The molecule has 0 spiro atoms. The van der Waals surface area contributed by atoms with Crippen molar-refractivity contribution in [3.63, 3.8) is 0 Å². The molecule has 1 aromatic carbocycles. The highest BCUT2D eigenvalue weighted by Gasteiger charge is 2.14. The molecule has 0 fully saturated rings. The second kappa shape index (κ2) is 6.18. The number of amidine groups is 1. The third-order valence-electron chi connectivity index (χ3n) is 3.09. The number of benzene rings is 1. The normalized spacial score (nSPS) is 12.1. The fourth-order valence-electron chi connectivity index (χ4n) is 1.97. The van der Waals surface area contributed by atoms with E-state index < -0.39 is 0 Å². The van der Waals surface area contributed by atoms with Crippen molar-refractivity contribution in [2.75, 3.05) is 11.4 Å². The molecule has 2 aromatic rings. The number of rotatable bonds is 5. The molecule has 0 atom stereocenters. The largest absolute Gasteiger partial charge is 0.409 e. The van der Waals surface area contributed by atoms with E-state index in [2.05, 4.69) is 29.0 Å². The lowest BCUT2D eigenvalue weighted by molar-refractivity contribution is 0.317. The zero-order valence-electron chi connectivity index (χ0n) is 11.7. The molecule has 0 amide bonds. The molecule has 0 saturated carbocycles. The summed E-state index contributed by atoms with van der Waals surface area (Å²) in [4.78, 5) is 11.0. The van der Waals surface area contributed by atoms with Gasteiger partial charge >= 0.3 is 0 Å². The summed E-state index contributed by atoms with van der Waals surface area (Å²) in [5.74, 6) is 0.862. The third-order valence-corrected chi connectivity index (χ3v) is 3.09. The van der Waals surface area contributed by atoms with Crippen LogP contribution in [0.4, 0.5) is 5.95 Å². The predicted octanol–water partition coefficient (Wildman–Crippen LogP) is 1.98. The van der Waals surface area contributed by atoms with E-state index in [4.69, 9.17) is 10.9 Å². The van der Waals surface area contributed by atoms with Crippen LogP contribution in [0, 0.1) is 0 Å². The molecular weight excluding hydrogens is 254 g/mol. The van der Waals surface area contributed by atoms with Gasteiger partial charge in [0.25, 0.3) is 0 Å². The number of hydrogen-bond acceptors (Lipinski definition) is 5. The molecular formula is C14H19N5O. The van der Waals surface area contributed by atoms with Crippen molar-refractivity contribution in [2.24, 2.45) is 10.9 Å². The van der Waals surface area contributed by atoms with Gasteiger partial charge < -0.3 is 15.8 Å². The molecule has 1 aromatic heterocycles. The van der Waals surface area contributed by atoms with Crippen molar-refractivity contribution >= 4 is 22.7 Å². The second-order valence-electron chi connectivity index (χ2n) is 4.86. The van der Waals surface area contributed by atoms with Crippen molar-refractivity contribution in [1.82, 2.24) is 9.97 Å². The Labute approximate surface area is 117 Å². The minimum Gasteiger partial charge on any atom is -0.409 e. The Kier molecular flexibility index (Phi) is 4.34. The van der Waals surface area contributed by atoms with Crippen LogP contribution in [0.5, 0.6) is 0 Å². The van der Waals surface area contributed by atoms with E-state index in [1.165, 1.54) is 0 Å². The van der Waals surface area contributed by atoms with E-state index in [0.717, 1.165) is 10.9 Å². The highest BCUT2D eigenvalue weighted by molar-refractivity contribution is 5.80. The van der Waals surface area contributed by atoms with E-state index in [-0.39, 0.29) is 11.9 Å². The average Bonchev–Trinajstić information content (AvgIpc) is 2.46. The predicted molar refractivity (Wildman–Crippen MR) is 80.0 cm³/mol. The first-order valence-electron chi connectivity index (χ1n) is 6.56. The monoisotopic (exact) mass is 273 g/mol. The van der Waals surface area contributed by atoms with Crippen LogP contribution in [0.3, 0.4) is 0 Å². The molecule has 0 saturated heterocycles. The van der Waals surface area contributed by atoms with Crippen LogP contribution in [-0.4, -0.2) is 33.6 Å². The molecule has 3 N–H and O–H groups in total. The summed E-state index contributed by atoms with van der Waals surface area (Å²) >= 11 is 0.